The lowest BCUT2D eigenvalue weighted by atomic mass is 9.81. The molecule has 4 aromatic rings. The Morgan fingerprint density at radius 1 is 1.03 bits per heavy atom. The van der Waals surface area contributed by atoms with Crippen LogP contribution in [-0.2, 0) is 11.8 Å². The van der Waals surface area contributed by atoms with E-state index in [0.717, 1.165) is 39.7 Å². The Hall–Kier alpha value is -4.45. The second-order valence-corrected chi connectivity index (χ2v) is 10.1. The van der Waals surface area contributed by atoms with Crippen LogP contribution in [0.5, 0.6) is 0 Å². The summed E-state index contributed by atoms with van der Waals surface area (Å²) in [4.78, 5) is 44.1. The molecule has 1 spiro atoms. The number of benzene rings is 3. The summed E-state index contributed by atoms with van der Waals surface area (Å²) >= 11 is 0. The van der Waals surface area contributed by atoms with Crippen LogP contribution < -0.4 is 5.73 Å². The number of rotatable bonds is 4. The minimum absolute atomic E-state index is 0.0111. The normalized spacial score (nSPS) is 21.6. The largest absolute Gasteiger partial charge is 0.399 e. The number of fused-ring (bicyclic) bond motifs is 2. The molecule has 0 radical (unpaired) electrons. The summed E-state index contributed by atoms with van der Waals surface area (Å²) in [7, 11) is 0. The zero-order chi connectivity index (χ0) is 24.6. The smallest absolute Gasteiger partial charge is 0.274 e. The first-order valence-electron chi connectivity index (χ1n) is 12.1. The van der Waals surface area contributed by atoms with Crippen LogP contribution in [-0.4, -0.2) is 33.9 Å². The molecule has 3 aliphatic rings. The first-order valence-corrected chi connectivity index (χ1v) is 12.1. The highest BCUT2D eigenvalue weighted by Gasteiger charge is 2.67. The van der Waals surface area contributed by atoms with Gasteiger partial charge in [0.15, 0.2) is 11.6 Å². The molecule has 2 atom stereocenters. The van der Waals surface area contributed by atoms with Crippen LogP contribution in [0.4, 0.5) is 5.69 Å². The van der Waals surface area contributed by atoms with E-state index in [9.17, 15) is 14.4 Å². The predicted molar refractivity (Wildman–Crippen MR) is 137 cm³/mol. The van der Waals surface area contributed by atoms with Crippen molar-refractivity contribution in [2.45, 2.75) is 18.3 Å². The van der Waals surface area contributed by atoms with E-state index in [4.69, 9.17) is 5.73 Å². The lowest BCUT2D eigenvalue weighted by Gasteiger charge is -2.29. The Morgan fingerprint density at radius 3 is 2.67 bits per heavy atom. The summed E-state index contributed by atoms with van der Waals surface area (Å²) in [5.74, 6) is 0.188. The van der Waals surface area contributed by atoms with Gasteiger partial charge in [-0.25, -0.2) is 0 Å². The van der Waals surface area contributed by atoms with E-state index in [1.54, 1.807) is 35.2 Å². The molecule has 176 valence electrons. The Bertz CT molecular complexity index is 1650. The molecule has 1 saturated carbocycles. The fourth-order valence-electron chi connectivity index (χ4n) is 6.09. The number of allylic oxidation sites excluding steroid dienone is 2. The first-order chi connectivity index (χ1) is 17.4. The third-order valence-corrected chi connectivity index (χ3v) is 7.96. The number of aromatic nitrogens is 1. The summed E-state index contributed by atoms with van der Waals surface area (Å²) in [5, 5.41) is 0.874. The number of nitrogens with two attached hydrogens (primary N) is 1. The van der Waals surface area contributed by atoms with Gasteiger partial charge in [-0.15, -0.1) is 0 Å². The Balaban J connectivity index is 1.16. The van der Waals surface area contributed by atoms with E-state index in [0.29, 0.717) is 29.4 Å². The van der Waals surface area contributed by atoms with Gasteiger partial charge < -0.3 is 15.6 Å². The highest BCUT2D eigenvalue weighted by molar-refractivity contribution is 6.10. The molecular formula is C30H23N3O3. The highest BCUT2D eigenvalue weighted by atomic mass is 16.2. The second-order valence-electron chi connectivity index (χ2n) is 10.1. The van der Waals surface area contributed by atoms with E-state index >= 15 is 0 Å². The third kappa shape index (κ3) is 2.94. The Kier molecular flexibility index (Phi) is 4.22. The molecule has 1 saturated heterocycles. The van der Waals surface area contributed by atoms with Gasteiger partial charge in [0.1, 0.15) is 5.69 Å². The number of nitrogens with zero attached hydrogens (tertiary/aromatic N) is 1. The van der Waals surface area contributed by atoms with Crippen molar-refractivity contribution in [2.24, 2.45) is 5.92 Å². The van der Waals surface area contributed by atoms with E-state index < -0.39 is 0 Å². The van der Waals surface area contributed by atoms with Gasteiger partial charge in [-0.3, -0.25) is 14.4 Å². The molecule has 0 unspecified atom stereocenters. The number of H-pyrrole nitrogens is 1. The molecule has 2 heterocycles. The standard InChI is InChI=1S/C30H23N3O3/c31-21-8-6-18(7-9-21)26(34)12-17-5-10-24-19(11-17)13-25(32-24)29(36)33-16-20-15-30(20)23-4-2-1-3-22(23)27(35)14-28(30)33/h1-11,13-14,20,32H,12,15-16,31H2/t20-,30-/m1/s1. The summed E-state index contributed by atoms with van der Waals surface area (Å²) in [6.45, 7) is 0.614. The maximum absolute atomic E-state index is 13.6. The topological polar surface area (TPSA) is 96.3 Å². The SMILES string of the molecule is Nc1ccc(C(=O)Cc2ccc3[nH]c(C(=O)N4C[C@H]5C[C@@]56C4=CC(=O)c4ccccc46)cc3c2)cc1. The van der Waals surface area contributed by atoms with Crippen LogP contribution in [0.1, 0.15) is 48.8 Å². The van der Waals surface area contributed by atoms with Gasteiger partial charge in [-0.1, -0.05) is 30.3 Å². The van der Waals surface area contributed by atoms with E-state index in [-0.39, 0.29) is 29.3 Å². The number of hydrogen-bond donors (Lipinski definition) is 2. The van der Waals surface area contributed by atoms with Crippen molar-refractivity contribution in [3.05, 3.63) is 113 Å². The molecule has 0 bridgehead atoms. The minimum atomic E-state index is -0.207. The van der Waals surface area contributed by atoms with Crippen molar-refractivity contribution in [1.29, 1.82) is 0 Å². The molecule has 2 fully saturated rings. The molecule has 2 aliphatic carbocycles. The molecule has 3 aromatic carbocycles. The zero-order valence-corrected chi connectivity index (χ0v) is 19.5. The van der Waals surface area contributed by atoms with Crippen molar-refractivity contribution in [2.75, 3.05) is 12.3 Å². The predicted octanol–water partition coefficient (Wildman–Crippen LogP) is 4.67. The van der Waals surface area contributed by atoms with Crippen LogP contribution in [0.25, 0.3) is 10.9 Å². The quantitative estimate of drug-likeness (QED) is 0.333. The molecule has 6 heteroatoms. The molecule has 3 N–H and O–H groups in total. The maximum Gasteiger partial charge on any atom is 0.274 e. The third-order valence-electron chi connectivity index (χ3n) is 7.96. The number of nitrogens with one attached hydrogen (secondary N) is 1. The molecule has 6 nitrogen and oxygen atoms in total. The van der Waals surface area contributed by atoms with E-state index in [1.807, 2.05) is 48.5 Å². The number of likely N-dealkylation sites (tertiary alicyclic amines) is 1. The molecule has 7 rings (SSSR count). The first kappa shape index (κ1) is 20.9. The van der Waals surface area contributed by atoms with Gasteiger partial charge in [0.2, 0.25) is 0 Å². The van der Waals surface area contributed by atoms with Crippen LogP contribution in [0.15, 0.2) is 84.6 Å². The van der Waals surface area contributed by atoms with Crippen LogP contribution in [0.2, 0.25) is 0 Å². The molecule has 36 heavy (non-hydrogen) atoms. The minimum Gasteiger partial charge on any atom is -0.399 e. The fourth-order valence-corrected chi connectivity index (χ4v) is 6.09. The number of ketones is 2. The Labute approximate surface area is 207 Å². The number of anilines is 1. The number of aromatic amines is 1. The number of carbonyl (C=O) groups is 3. The monoisotopic (exact) mass is 473 g/mol. The van der Waals surface area contributed by atoms with Crippen molar-refractivity contribution >= 4 is 34.1 Å². The van der Waals surface area contributed by atoms with Crippen molar-refractivity contribution in [3.63, 3.8) is 0 Å². The fraction of sp³-hybridized carbons (Fsp3) is 0.167. The number of nitrogen functional groups attached to an aromatic ring is 1. The number of Topliss-reactive ketones (excluding diaryl/α,β-unsaturated/α-hetero) is 1. The number of hydrogen-bond acceptors (Lipinski definition) is 4. The molecule has 1 aliphatic heterocycles. The van der Waals surface area contributed by atoms with Gasteiger partial charge in [0.05, 0.1) is 0 Å². The lowest BCUT2D eigenvalue weighted by Crippen LogP contribution is -2.33. The van der Waals surface area contributed by atoms with E-state index in [2.05, 4.69) is 4.98 Å². The summed E-state index contributed by atoms with van der Waals surface area (Å²) in [5.41, 5.74) is 11.6. The van der Waals surface area contributed by atoms with Crippen molar-refractivity contribution in [3.8, 4) is 0 Å². The molecular weight excluding hydrogens is 450 g/mol. The number of amides is 1. The molecule has 1 aromatic heterocycles. The van der Waals surface area contributed by atoms with Crippen LogP contribution in [0.3, 0.4) is 0 Å². The Morgan fingerprint density at radius 2 is 1.83 bits per heavy atom. The average Bonchev–Trinajstić information content (AvgIpc) is 3.27. The van der Waals surface area contributed by atoms with Crippen LogP contribution >= 0.6 is 0 Å². The number of carbonyl (C=O) groups excluding carboxylic acids is 3. The van der Waals surface area contributed by atoms with Gasteiger partial charge in [-0.05, 0) is 65.9 Å². The summed E-state index contributed by atoms with van der Waals surface area (Å²) in [6, 6.07) is 22.3. The van der Waals surface area contributed by atoms with E-state index in [1.165, 1.54) is 0 Å². The van der Waals surface area contributed by atoms with Gasteiger partial charge >= 0.3 is 0 Å². The second kappa shape index (κ2) is 7.28. The molecule has 1 amide bonds. The van der Waals surface area contributed by atoms with Gasteiger partial charge in [-0.2, -0.15) is 0 Å². The zero-order valence-electron chi connectivity index (χ0n) is 19.5. The lowest BCUT2D eigenvalue weighted by molar-refractivity contribution is 0.0806. The number of piperidine rings is 1. The highest BCUT2D eigenvalue weighted by Crippen LogP contribution is 2.66. The summed E-state index contributed by atoms with van der Waals surface area (Å²) < 4.78 is 0. The van der Waals surface area contributed by atoms with Crippen molar-refractivity contribution < 1.29 is 14.4 Å². The maximum atomic E-state index is 13.6. The van der Waals surface area contributed by atoms with Crippen LogP contribution in [0, 0.1) is 5.92 Å². The average molecular weight is 474 g/mol. The van der Waals surface area contributed by atoms with Gasteiger partial charge in [0.25, 0.3) is 5.91 Å². The summed E-state index contributed by atoms with van der Waals surface area (Å²) in [6.07, 6.45) is 2.90. The van der Waals surface area contributed by atoms with Crippen molar-refractivity contribution in [1.82, 2.24) is 9.88 Å². The van der Waals surface area contributed by atoms with Gasteiger partial charge in [0, 0.05) is 57.9 Å².